The maximum absolute atomic E-state index is 5.86. The number of alkyl halides is 1. The molecule has 2 aromatic rings. The Bertz CT molecular complexity index is 522. The van der Waals surface area contributed by atoms with E-state index in [1.807, 2.05) is 12.1 Å². The number of anilines is 2. The van der Waals surface area contributed by atoms with Gasteiger partial charge in [-0.25, -0.2) is 0 Å². The van der Waals surface area contributed by atoms with Crippen molar-refractivity contribution < 1.29 is 4.42 Å². The Kier molecular flexibility index (Phi) is 3.87. The van der Waals surface area contributed by atoms with E-state index in [0.29, 0.717) is 17.8 Å². The third kappa shape index (κ3) is 3.01. The number of benzene rings is 1. The first-order chi connectivity index (χ1) is 8.56. The molecule has 0 spiro atoms. The van der Waals surface area contributed by atoms with Gasteiger partial charge in [0.1, 0.15) is 5.38 Å². The zero-order valence-electron chi connectivity index (χ0n) is 10.6. The molecule has 0 aliphatic carbocycles. The molecule has 0 amide bonds. The van der Waals surface area contributed by atoms with E-state index in [4.69, 9.17) is 16.0 Å². The predicted octanol–water partition coefficient (Wildman–Crippen LogP) is 4.24. The number of hydrogen-bond donors (Lipinski definition) is 1. The Morgan fingerprint density at radius 2 is 2.00 bits per heavy atom. The highest BCUT2D eigenvalue weighted by molar-refractivity contribution is 6.20. The van der Waals surface area contributed by atoms with Crippen LogP contribution in [0.3, 0.4) is 0 Å². The summed E-state index contributed by atoms with van der Waals surface area (Å²) in [6, 6.07) is 8.48. The highest BCUT2D eigenvalue weighted by Gasteiger charge is 2.11. The van der Waals surface area contributed by atoms with Crippen LogP contribution in [0.4, 0.5) is 11.7 Å². The van der Waals surface area contributed by atoms with Crippen molar-refractivity contribution in [3.05, 3.63) is 35.7 Å². The predicted molar refractivity (Wildman–Crippen MR) is 72.4 cm³/mol. The average molecular weight is 266 g/mol. The molecule has 4 nitrogen and oxygen atoms in total. The number of halogens is 1. The molecule has 1 atom stereocenters. The van der Waals surface area contributed by atoms with Crippen LogP contribution in [0.1, 0.15) is 43.5 Å². The van der Waals surface area contributed by atoms with Crippen molar-refractivity contribution in [2.45, 2.75) is 32.1 Å². The van der Waals surface area contributed by atoms with Gasteiger partial charge in [0.15, 0.2) is 0 Å². The van der Waals surface area contributed by atoms with Gasteiger partial charge in [0.05, 0.1) is 0 Å². The van der Waals surface area contributed by atoms with E-state index in [2.05, 4.69) is 41.5 Å². The number of nitrogens with zero attached hydrogens (tertiary/aromatic N) is 2. The van der Waals surface area contributed by atoms with E-state index < -0.39 is 0 Å². The summed E-state index contributed by atoms with van der Waals surface area (Å²) >= 11 is 5.86. The zero-order chi connectivity index (χ0) is 13.1. The van der Waals surface area contributed by atoms with Crippen LogP contribution in [-0.2, 0) is 0 Å². The molecule has 0 fully saturated rings. The molecule has 5 heteroatoms. The maximum Gasteiger partial charge on any atom is 0.320 e. The highest BCUT2D eigenvalue weighted by atomic mass is 35.5. The molecule has 1 aromatic carbocycles. The minimum absolute atomic E-state index is 0.282. The Balaban J connectivity index is 2.15. The van der Waals surface area contributed by atoms with Gasteiger partial charge in [-0.2, -0.15) is 0 Å². The Labute approximate surface area is 111 Å². The Hall–Kier alpha value is -1.55. The van der Waals surface area contributed by atoms with Crippen LogP contribution in [0.2, 0.25) is 0 Å². The van der Waals surface area contributed by atoms with Crippen LogP contribution in [0, 0.1) is 0 Å². The first-order valence-corrected chi connectivity index (χ1v) is 6.34. The monoisotopic (exact) mass is 265 g/mol. The van der Waals surface area contributed by atoms with Gasteiger partial charge in [0, 0.05) is 5.69 Å². The SMILES string of the molecule is CC(C)c1cccc(Nc2nnc(C(C)Cl)o2)c1. The lowest BCUT2D eigenvalue weighted by Gasteiger charge is -2.07. The summed E-state index contributed by atoms with van der Waals surface area (Å²) in [5.41, 5.74) is 2.18. The standard InChI is InChI=1S/C13H16ClN3O/c1-8(2)10-5-4-6-11(7-10)15-13-17-16-12(18-13)9(3)14/h4-9H,1-3H3,(H,15,17). The van der Waals surface area contributed by atoms with Gasteiger partial charge in [-0.3, -0.25) is 0 Å². The van der Waals surface area contributed by atoms with Crippen molar-refractivity contribution in [1.82, 2.24) is 10.2 Å². The van der Waals surface area contributed by atoms with Crippen molar-refractivity contribution in [3.63, 3.8) is 0 Å². The normalized spacial score (nSPS) is 12.7. The minimum atomic E-state index is -0.282. The fourth-order valence-electron chi connectivity index (χ4n) is 1.54. The highest BCUT2D eigenvalue weighted by Crippen LogP contribution is 2.23. The van der Waals surface area contributed by atoms with Crippen molar-refractivity contribution in [1.29, 1.82) is 0 Å². The van der Waals surface area contributed by atoms with Crippen molar-refractivity contribution in [2.24, 2.45) is 0 Å². The first-order valence-electron chi connectivity index (χ1n) is 5.90. The third-order valence-electron chi connectivity index (χ3n) is 2.59. The van der Waals surface area contributed by atoms with E-state index in [-0.39, 0.29) is 5.38 Å². The van der Waals surface area contributed by atoms with E-state index in [0.717, 1.165) is 5.69 Å². The van der Waals surface area contributed by atoms with Crippen LogP contribution < -0.4 is 5.32 Å². The summed E-state index contributed by atoms with van der Waals surface area (Å²) in [5.74, 6) is 0.895. The zero-order valence-corrected chi connectivity index (χ0v) is 11.4. The second kappa shape index (κ2) is 5.40. The molecule has 1 aromatic heterocycles. The quantitative estimate of drug-likeness (QED) is 0.840. The van der Waals surface area contributed by atoms with Crippen molar-refractivity contribution in [2.75, 3.05) is 5.32 Å². The number of hydrogen-bond acceptors (Lipinski definition) is 4. The molecule has 0 aliphatic rings. The molecule has 18 heavy (non-hydrogen) atoms. The van der Waals surface area contributed by atoms with Gasteiger partial charge < -0.3 is 9.73 Å². The summed E-state index contributed by atoms with van der Waals surface area (Å²) in [6.07, 6.45) is 0. The molecule has 0 aliphatic heterocycles. The van der Waals surface area contributed by atoms with E-state index in [1.54, 1.807) is 6.92 Å². The molecular weight excluding hydrogens is 250 g/mol. The molecular formula is C13H16ClN3O. The fourth-order valence-corrected chi connectivity index (χ4v) is 1.63. The van der Waals surface area contributed by atoms with Crippen LogP contribution >= 0.6 is 11.6 Å². The summed E-state index contributed by atoms with van der Waals surface area (Å²) in [4.78, 5) is 0. The van der Waals surface area contributed by atoms with Gasteiger partial charge >= 0.3 is 6.01 Å². The molecule has 0 bridgehead atoms. The van der Waals surface area contributed by atoms with Crippen molar-refractivity contribution in [3.8, 4) is 0 Å². The third-order valence-corrected chi connectivity index (χ3v) is 2.77. The second-order valence-electron chi connectivity index (χ2n) is 4.47. The van der Waals surface area contributed by atoms with Gasteiger partial charge in [-0.15, -0.1) is 16.7 Å². The molecule has 0 radical (unpaired) electrons. The Morgan fingerprint density at radius 3 is 2.61 bits per heavy atom. The first kappa shape index (κ1) is 12.9. The molecule has 96 valence electrons. The number of rotatable bonds is 4. The molecule has 1 N–H and O–H groups in total. The van der Waals surface area contributed by atoms with Crippen LogP contribution in [0.15, 0.2) is 28.7 Å². The molecule has 0 saturated heterocycles. The van der Waals surface area contributed by atoms with Crippen molar-refractivity contribution >= 4 is 23.3 Å². The molecule has 1 unspecified atom stereocenters. The molecule has 2 rings (SSSR count). The van der Waals surface area contributed by atoms with E-state index in [9.17, 15) is 0 Å². The van der Waals surface area contributed by atoms with E-state index >= 15 is 0 Å². The largest absolute Gasteiger partial charge is 0.406 e. The number of aromatic nitrogens is 2. The summed E-state index contributed by atoms with van der Waals surface area (Å²) in [7, 11) is 0. The lowest BCUT2D eigenvalue weighted by molar-refractivity contribution is 0.510. The minimum Gasteiger partial charge on any atom is -0.406 e. The topological polar surface area (TPSA) is 51.0 Å². The van der Waals surface area contributed by atoms with Gasteiger partial charge in [0.25, 0.3) is 0 Å². The average Bonchev–Trinajstić information content (AvgIpc) is 2.78. The van der Waals surface area contributed by atoms with Crippen LogP contribution in [-0.4, -0.2) is 10.2 Å². The van der Waals surface area contributed by atoms with Gasteiger partial charge in [-0.05, 0) is 30.5 Å². The summed E-state index contributed by atoms with van der Waals surface area (Å²) < 4.78 is 5.38. The fraction of sp³-hybridized carbons (Fsp3) is 0.385. The number of nitrogens with one attached hydrogen (secondary N) is 1. The van der Waals surface area contributed by atoms with Crippen LogP contribution in [0.5, 0.6) is 0 Å². The molecule has 0 saturated carbocycles. The van der Waals surface area contributed by atoms with Gasteiger partial charge in [0.2, 0.25) is 5.89 Å². The lowest BCUT2D eigenvalue weighted by Crippen LogP contribution is -1.93. The maximum atomic E-state index is 5.86. The van der Waals surface area contributed by atoms with Crippen LogP contribution in [0.25, 0.3) is 0 Å². The summed E-state index contributed by atoms with van der Waals surface area (Å²) in [5, 5.41) is 10.5. The summed E-state index contributed by atoms with van der Waals surface area (Å²) in [6.45, 7) is 6.09. The van der Waals surface area contributed by atoms with Gasteiger partial charge in [-0.1, -0.05) is 31.1 Å². The Morgan fingerprint density at radius 1 is 1.22 bits per heavy atom. The van der Waals surface area contributed by atoms with E-state index in [1.165, 1.54) is 5.56 Å². The second-order valence-corrected chi connectivity index (χ2v) is 5.12. The lowest BCUT2D eigenvalue weighted by atomic mass is 10.0. The molecule has 1 heterocycles. The smallest absolute Gasteiger partial charge is 0.320 e.